The second-order valence-electron chi connectivity index (χ2n) is 5.08. The largest absolute Gasteiger partial charge is 0.394 e. The molecule has 22 heavy (non-hydrogen) atoms. The topological polar surface area (TPSA) is 64.3 Å². The number of rotatable bonds is 2. The Bertz CT molecular complexity index is 702. The number of benzene rings is 1. The monoisotopic (exact) mass is 306 g/mol. The number of hydrogen-bond donors (Lipinski definition) is 1. The van der Waals surface area contributed by atoms with Crippen LogP contribution in [0.3, 0.4) is 0 Å². The van der Waals surface area contributed by atoms with E-state index in [-0.39, 0.29) is 16.9 Å². The summed E-state index contributed by atoms with van der Waals surface area (Å²) in [6, 6.07) is 3.34. The number of ether oxygens (including phenoxy) is 1. The van der Waals surface area contributed by atoms with E-state index in [1.54, 1.807) is 6.92 Å². The van der Waals surface area contributed by atoms with Gasteiger partial charge in [0.25, 0.3) is 0 Å². The van der Waals surface area contributed by atoms with Crippen molar-refractivity contribution in [3.63, 3.8) is 0 Å². The molecular weight excluding hydrogens is 290 g/mol. The Morgan fingerprint density at radius 1 is 1.18 bits per heavy atom. The maximum Gasteiger partial charge on any atom is 0.156 e. The Morgan fingerprint density at radius 3 is 2.59 bits per heavy atom. The SMILES string of the molecule is Cc1nc(-c2ccc(F)cc2F)c(N)c(N2CCOCC2)n1. The van der Waals surface area contributed by atoms with E-state index in [1.165, 1.54) is 12.1 Å². The number of aryl methyl sites for hydroxylation is 1. The molecule has 116 valence electrons. The highest BCUT2D eigenvalue weighted by Crippen LogP contribution is 2.33. The molecule has 0 bridgehead atoms. The fraction of sp³-hybridized carbons (Fsp3) is 0.333. The summed E-state index contributed by atoms with van der Waals surface area (Å²) >= 11 is 0. The summed E-state index contributed by atoms with van der Waals surface area (Å²) in [5.74, 6) is -0.291. The Kier molecular flexibility index (Phi) is 3.89. The number of aromatic nitrogens is 2. The molecule has 7 heteroatoms. The number of nitrogen functional groups attached to an aromatic ring is 1. The van der Waals surface area contributed by atoms with Gasteiger partial charge in [-0.3, -0.25) is 0 Å². The molecule has 0 atom stereocenters. The Morgan fingerprint density at radius 2 is 1.91 bits per heavy atom. The van der Waals surface area contributed by atoms with Gasteiger partial charge in [-0.1, -0.05) is 0 Å². The zero-order valence-corrected chi connectivity index (χ0v) is 12.1. The molecule has 1 aliphatic heterocycles. The fourth-order valence-electron chi connectivity index (χ4n) is 2.47. The van der Waals surface area contributed by atoms with Crippen LogP contribution >= 0.6 is 0 Å². The van der Waals surface area contributed by atoms with Crippen LogP contribution in [0.1, 0.15) is 5.82 Å². The van der Waals surface area contributed by atoms with E-state index < -0.39 is 11.6 Å². The zero-order valence-electron chi connectivity index (χ0n) is 12.1. The van der Waals surface area contributed by atoms with E-state index in [0.717, 1.165) is 6.07 Å². The lowest BCUT2D eigenvalue weighted by Crippen LogP contribution is -2.37. The molecule has 0 amide bonds. The smallest absolute Gasteiger partial charge is 0.156 e. The molecule has 1 aromatic carbocycles. The fourth-order valence-corrected chi connectivity index (χ4v) is 2.47. The molecular formula is C15H16F2N4O. The highest BCUT2D eigenvalue weighted by atomic mass is 19.1. The van der Waals surface area contributed by atoms with Crippen LogP contribution in [-0.4, -0.2) is 36.3 Å². The molecule has 3 rings (SSSR count). The molecule has 1 fully saturated rings. The first-order chi connectivity index (χ1) is 10.6. The van der Waals surface area contributed by atoms with E-state index in [9.17, 15) is 8.78 Å². The van der Waals surface area contributed by atoms with Crippen LogP contribution in [0.25, 0.3) is 11.3 Å². The first-order valence-electron chi connectivity index (χ1n) is 6.98. The van der Waals surface area contributed by atoms with Crippen molar-refractivity contribution in [2.24, 2.45) is 0 Å². The lowest BCUT2D eigenvalue weighted by atomic mass is 10.1. The summed E-state index contributed by atoms with van der Waals surface area (Å²) < 4.78 is 32.4. The van der Waals surface area contributed by atoms with E-state index >= 15 is 0 Å². The maximum atomic E-state index is 14.0. The third-order valence-corrected chi connectivity index (χ3v) is 3.53. The van der Waals surface area contributed by atoms with Gasteiger partial charge in [-0.2, -0.15) is 0 Å². The van der Waals surface area contributed by atoms with Crippen molar-refractivity contribution in [1.82, 2.24) is 9.97 Å². The van der Waals surface area contributed by atoms with Crippen LogP contribution in [-0.2, 0) is 4.74 Å². The van der Waals surface area contributed by atoms with Crippen LogP contribution in [0, 0.1) is 18.6 Å². The number of halogens is 2. The number of nitrogens with two attached hydrogens (primary N) is 1. The van der Waals surface area contributed by atoms with E-state index in [1.807, 2.05) is 4.90 Å². The average Bonchev–Trinajstić information content (AvgIpc) is 2.50. The van der Waals surface area contributed by atoms with E-state index in [4.69, 9.17) is 10.5 Å². The first kappa shape index (κ1) is 14.6. The molecule has 2 N–H and O–H groups in total. The highest BCUT2D eigenvalue weighted by molar-refractivity contribution is 5.81. The zero-order chi connectivity index (χ0) is 15.7. The molecule has 0 aliphatic carbocycles. The van der Waals surface area contributed by atoms with Gasteiger partial charge in [0.1, 0.15) is 28.8 Å². The number of hydrogen-bond acceptors (Lipinski definition) is 5. The quantitative estimate of drug-likeness (QED) is 0.921. The molecule has 0 radical (unpaired) electrons. The van der Waals surface area contributed by atoms with Crippen molar-refractivity contribution in [2.45, 2.75) is 6.92 Å². The molecule has 2 aromatic rings. The average molecular weight is 306 g/mol. The van der Waals surface area contributed by atoms with Crippen LogP contribution < -0.4 is 10.6 Å². The van der Waals surface area contributed by atoms with E-state index in [0.29, 0.717) is 37.9 Å². The van der Waals surface area contributed by atoms with Gasteiger partial charge < -0.3 is 15.4 Å². The summed E-state index contributed by atoms with van der Waals surface area (Å²) in [6.07, 6.45) is 0. The molecule has 1 saturated heterocycles. The van der Waals surface area contributed by atoms with Crippen molar-refractivity contribution in [2.75, 3.05) is 36.9 Å². The van der Waals surface area contributed by atoms with Gasteiger partial charge in [0.2, 0.25) is 0 Å². The van der Waals surface area contributed by atoms with Crippen LogP contribution in [0.4, 0.5) is 20.3 Å². The molecule has 5 nitrogen and oxygen atoms in total. The van der Waals surface area contributed by atoms with Gasteiger partial charge in [-0.25, -0.2) is 18.7 Å². The van der Waals surface area contributed by atoms with Crippen molar-refractivity contribution >= 4 is 11.5 Å². The summed E-state index contributed by atoms with van der Waals surface area (Å²) in [4.78, 5) is 10.6. The summed E-state index contributed by atoms with van der Waals surface area (Å²) in [6.45, 7) is 4.21. The van der Waals surface area contributed by atoms with Gasteiger partial charge in [-0.15, -0.1) is 0 Å². The molecule has 1 aliphatic rings. The maximum absolute atomic E-state index is 14.0. The van der Waals surface area contributed by atoms with Crippen molar-refractivity contribution in [3.8, 4) is 11.3 Å². The molecule has 0 unspecified atom stereocenters. The van der Waals surface area contributed by atoms with Crippen LogP contribution in [0.2, 0.25) is 0 Å². The predicted molar refractivity (Wildman–Crippen MR) is 79.6 cm³/mol. The van der Waals surface area contributed by atoms with Gasteiger partial charge >= 0.3 is 0 Å². The molecule has 2 heterocycles. The third kappa shape index (κ3) is 2.71. The number of nitrogens with zero attached hydrogens (tertiary/aromatic N) is 3. The predicted octanol–water partition coefficient (Wildman–Crippen LogP) is 2.15. The minimum Gasteiger partial charge on any atom is -0.394 e. The summed E-state index contributed by atoms with van der Waals surface area (Å²) in [5.41, 5.74) is 6.89. The van der Waals surface area contributed by atoms with Gasteiger partial charge in [0.05, 0.1) is 13.2 Å². The molecule has 1 aromatic heterocycles. The summed E-state index contributed by atoms with van der Waals surface area (Å²) in [5, 5.41) is 0. The standard InChI is InChI=1S/C15H16F2N4O/c1-9-19-14(11-3-2-10(16)8-12(11)17)13(18)15(20-9)21-4-6-22-7-5-21/h2-3,8H,4-7,18H2,1H3. The number of morpholine rings is 1. The lowest BCUT2D eigenvalue weighted by molar-refractivity contribution is 0.122. The molecule has 0 saturated carbocycles. The highest BCUT2D eigenvalue weighted by Gasteiger charge is 2.21. The third-order valence-electron chi connectivity index (χ3n) is 3.53. The van der Waals surface area contributed by atoms with E-state index in [2.05, 4.69) is 9.97 Å². The Labute approximate surface area is 126 Å². The van der Waals surface area contributed by atoms with Gasteiger partial charge in [-0.05, 0) is 19.1 Å². The second kappa shape index (κ2) is 5.84. The van der Waals surface area contributed by atoms with Gasteiger partial charge in [0.15, 0.2) is 5.82 Å². The second-order valence-corrected chi connectivity index (χ2v) is 5.08. The van der Waals surface area contributed by atoms with Crippen molar-refractivity contribution in [1.29, 1.82) is 0 Å². The molecule has 0 spiro atoms. The minimum atomic E-state index is -0.697. The normalized spacial score (nSPS) is 15.1. The van der Waals surface area contributed by atoms with Crippen molar-refractivity contribution < 1.29 is 13.5 Å². The van der Waals surface area contributed by atoms with Gasteiger partial charge in [0, 0.05) is 24.7 Å². The summed E-state index contributed by atoms with van der Waals surface area (Å²) in [7, 11) is 0. The first-order valence-corrected chi connectivity index (χ1v) is 6.98. The van der Waals surface area contributed by atoms with Crippen LogP contribution in [0.15, 0.2) is 18.2 Å². The lowest BCUT2D eigenvalue weighted by Gasteiger charge is -2.29. The van der Waals surface area contributed by atoms with Crippen molar-refractivity contribution in [3.05, 3.63) is 35.7 Å². The minimum absolute atomic E-state index is 0.166. The Balaban J connectivity index is 2.10. The Hall–Kier alpha value is -2.28. The van der Waals surface area contributed by atoms with Crippen LogP contribution in [0.5, 0.6) is 0 Å². The number of anilines is 2.